The van der Waals surface area contributed by atoms with Crippen molar-refractivity contribution in [3.63, 3.8) is 0 Å². The van der Waals surface area contributed by atoms with Crippen LogP contribution >= 0.6 is 11.8 Å². The van der Waals surface area contributed by atoms with Gasteiger partial charge in [0.25, 0.3) is 0 Å². The van der Waals surface area contributed by atoms with Crippen LogP contribution in [0.5, 0.6) is 0 Å². The summed E-state index contributed by atoms with van der Waals surface area (Å²) in [5.74, 6) is 0. The molecule has 2 unspecified atom stereocenters. The van der Waals surface area contributed by atoms with E-state index in [1.807, 2.05) is 0 Å². The van der Waals surface area contributed by atoms with E-state index in [-0.39, 0.29) is 0 Å². The highest BCUT2D eigenvalue weighted by Crippen LogP contribution is 2.36. The van der Waals surface area contributed by atoms with Gasteiger partial charge in [0.2, 0.25) is 0 Å². The first-order valence-electron chi connectivity index (χ1n) is 7.72. The largest absolute Gasteiger partial charge is 0.317 e. The highest BCUT2D eigenvalue weighted by Gasteiger charge is 2.34. The van der Waals surface area contributed by atoms with E-state index in [1.54, 1.807) is 0 Å². The van der Waals surface area contributed by atoms with Crippen LogP contribution in [0.4, 0.5) is 0 Å². The Labute approximate surface area is 117 Å². The first-order valence-corrected chi connectivity index (χ1v) is 8.66. The molecule has 2 heterocycles. The number of thioether (sulfide) groups is 1. The number of piperidine rings is 1. The van der Waals surface area contributed by atoms with Gasteiger partial charge in [-0.2, -0.15) is 11.8 Å². The van der Waals surface area contributed by atoms with Gasteiger partial charge in [-0.15, -0.1) is 0 Å². The lowest BCUT2D eigenvalue weighted by Crippen LogP contribution is -2.49. The molecule has 2 rings (SSSR count). The van der Waals surface area contributed by atoms with Crippen LogP contribution in [0, 0.1) is 5.41 Å². The summed E-state index contributed by atoms with van der Waals surface area (Å²) in [6, 6.07) is 0. The van der Waals surface area contributed by atoms with Gasteiger partial charge in [0.15, 0.2) is 0 Å². The second-order valence-corrected chi connectivity index (χ2v) is 8.33. The number of nitrogens with one attached hydrogen (secondary N) is 1. The molecule has 18 heavy (non-hydrogen) atoms. The maximum Gasteiger partial charge on any atom is 0.0149 e. The minimum absolute atomic E-state index is 0.613. The Hall–Kier alpha value is 0.270. The second-order valence-electron chi connectivity index (χ2n) is 6.45. The van der Waals surface area contributed by atoms with Gasteiger partial charge in [-0.3, -0.25) is 0 Å². The minimum atomic E-state index is 0.613. The zero-order valence-electron chi connectivity index (χ0n) is 12.4. The molecule has 2 nitrogen and oxygen atoms in total. The number of nitrogens with zero attached hydrogens (tertiary/aromatic N) is 1. The zero-order chi connectivity index (χ0) is 13.0. The molecule has 2 aliphatic rings. The van der Waals surface area contributed by atoms with E-state index in [9.17, 15) is 0 Å². The van der Waals surface area contributed by atoms with Gasteiger partial charge in [-0.25, -0.2) is 0 Å². The van der Waals surface area contributed by atoms with Crippen LogP contribution in [0.15, 0.2) is 0 Å². The van der Waals surface area contributed by atoms with Gasteiger partial charge in [0.05, 0.1) is 0 Å². The standard InChI is InChI=1S/C15H30N2S/c1-4-5-15(6-8-16-9-7-15)12-17-10-13(2)18-14(3)11-17/h13-14,16H,4-12H2,1-3H3. The van der Waals surface area contributed by atoms with Crippen molar-refractivity contribution in [3.05, 3.63) is 0 Å². The number of hydrogen-bond acceptors (Lipinski definition) is 3. The lowest BCUT2D eigenvalue weighted by Gasteiger charge is -2.44. The van der Waals surface area contributed by atoms with Crippen molar-refractivity contribution in [1.29, 1.82) is 0 Å². The molecule has 0 radical (unpaired) electrons. The molecule has 1 N–H and O–H groups in total. The fraction of sp³-hybridized carbons (Fsp3) is 1.00. The topological polar surface area (TPSA) is 15.3 Å². The summed E-state index contributed by atoms with van der Waals surface area (Å²) in [5.41, 5.74) is 0.613. The Morgan fingerprint density at radius 3 is 2.33 bits per heavy atom. The van der Waals surface area contributed by atoms with Gasteiger partial charge in [-0.05, 0) is 37.8 Å². The van der Waals surface area contributed by atoms with Gasteiger partial charge in [0.1, 0.15) is 0 Å². The monoisotopic (exact) mass is 270 g/mol. The summed E-state index contributed by atoms with van der Waals surface area (Å²) in [5, 5.41) is 5.16. The summed E-state index contributed by atoms with van der Waals surface area (Å²) in [6.07, 6.45) is 5.52. The molecule has 0 spiro atoms. The normalized spacial score (nSPS) is 33.5. The van der Waals surface area contributed by atoms with Crippen molar-refractivity contribution in [3.8, 4) is 0 Å². The molecule has 0 aromatic carbocycles. The van der Waals surface area contributed by atoms with E-state index in [0.717, 1.165) is 10.5 Å². The Morgan fingerprint density at radius 2 is 1.78 bits per heavy atom. The average molecular weight is 270 g/mol. The van der Waals surface area contributed by atoms with Crippen molar-refractivity contribution < 1.29 is 0 Å². The van der Waals surface area contributed by atoms with Gasteiger partial charge < -0.3 is 10.2 Å². The number of hydrogen-bond donors (Lipinski definition) is 1. The van der Waals surface area contributed by atoms with E-state index in [2.05, 4.69) is 42.7 Å². The predicted octanol–water partition coefficient (Wildman–Crippen LogP) is 2.98. The van der Waals surface area contributed by atoms with Gasteiger partial charge >= 0.3 is 0 Å². The smallest absolute Gasteiger partial charge is 0.0149 e. The first kappa shape index (κ1) is 14.7. The molecule has 2 saturated heterocycles. The molecule has 2 atom stereocenters. The summed E-state index contributed by atoms with van der Waals surface area (Å²) in [4.78, 5) is 2.76. The number of rotatable bonds is 4. The van der Waals surface area contributed by atoms with Crippen LogP contribution in [0.2, 0.25) is 0 Å². The Kier molecular flexibility index (Phi) is 5.40. The van der Waals surface area contributed by atoms with E-state index in [4.69, 9.17) is 0 Å². The SMILES string of the molecule is CCCC1(CN2CC(C)SC(C)C2)CCNCC1. The van der Waals surface area contributed by atoms with E-state index in [1.165, 1.54) is 58.4 Å². The third-order valence-corrected chi connectivity index (χ3v) is 5.73. The second kappa shape index (κ2) is 6.62. The summed E-state index contributed by atoms with van der Waals surface area (Å²) >= 11 is 2.17. The third-order valence-electron chi connectivity index (χ3n) is 4.50. The third kappa shape index (κ3) is 3.88. The van der Waals surface area contributed by atoms with Crippen molar-refractivity contribution >= 4 is 11.8 Å². The molecule has 2 fully saturated rings. The van der Waals surface area contributed by atoms with Gasteiger partial charge in [0, 0.05) is 30.1 Å². The lowest BCUT2D eigenvalue weighted by molar-refractivity contribution is 0.0996. The average Bonchev–Trinajstić information content (AvgIpc) is 2.28. The summed E-state index contributed by atoms with van der Waals surface area (Å²) < 4.78 is 0. The van der Waals surface area contributed by atoms with E-state index in [0.29, 0.717) is 5.41 Å². The van der Waals surface area contributed by atoms with Crippen LogP contribution in [-0.4, -0.2) is 48.1 Å². The van der Waals surface area contributed by atoms with E-state index < -0.39 is 0 Å². The molecule has 2 aliphatic heterocycles. The maximum atomic E-state index is 3.53. The molecule has 106 valence electrons. The molecule has 0 aromatic heterocycles. The molecule has 0 aromatic rings. The van der Waals surface area contributed by atoms with E-state index >= 15 is 0 Å². The summed E-state index contributed by atoms with van der Waals surface area (Å²) in [6.45, 7) is 13.5. The molecular weight excluding hydrogens is 240 g/mol. The maximum absolute atomic E-state index is 3.53. The molecular formula is C15H30N2S. The van der Waals surface area contributed by atoms with Crippen LogP contribution in [0.25, 0.3) is 0 Å². The molecule has 0 bridgehead atoms. The van der Waals surface area contributed by atoms with Crippen molar-refractivity contribution in [2.45, 2.75) is 57.0 Å². The predicted molar refractivity (Wildman–Crippen MR) is 82.4 cm³/mol. The highest BCUT2D eigenvalue weighted by molar-refractivity contribution is 8.00. The quantitative estimate of drug-likeness (QED) is 0.845. The molecule has 0 aliphatic carbocycles. The van der Waals surface area contributed by atoms with Crippen LogP contribution in [0.3, 0.4) is 0 Å². The van der Waals surface area contributed by atoms with Crippen LogP contribution < -0.4 is 5.32 Å². The Morgan fingerprint density at radius 1 is 1.17 bits per heavy atom. The highest BCUT2D eigenvalue weighted by atomic mass is 32.2. The van der Waals surface area contributed by atoms with Crippen molar-refractivity contribution in [2.75, 3.05) is 32.7 Å². The minimum Gasteiger partial charge on any atom is -0.317 e. The Bertz CT molecular complexity index is 235. The molecule has 3 heteroatoms. The zero-order valence-corrected chi connectivity index (χ0v) is 13.2. The lowest BCUT2D eigenvalue weighted by atomic mass is 9.75. The molecule has 0 amide bonds. The van der Waals surface area contributed by atoms with Crippen LogP contribution in [-0.2, 0) is 0 Å². The Balaban J connectivity index is 1.95. The van der Waals surface area contributed by atoms with Crippen molar-refractivity contribution in [1.82, 2.24) is 10.2 Å². The van der Waals surface area contributed by atoms with Crippen LogP contribution in [0.1, 0.15) is 46.5 Å². The fourth-order valence-corrected chi connectivity index (χ4v) is 5.25. The van der Waals surface area contributed by atoms with Crippen molar-refractivity contribution in [2.24, 2.45) is 5.41 Å². The fourth-order valence-electron chi connectivity index (χ4n) is 3.86. The summed E-state index contributed by atoms with van der Waals surface area (Å²) in [7, 11) is 0. The first-order chi connectivity index (χ1) is 8.63. The van der Waals surface area contributed by atoms with Gasteiger partial charge in [-0.1, -0.05) is 27.2 Å². The molecule has 0 saturated carbocycles.